The number of aliphatic carboxylic acids is 1. The number of rotatable bonds is 4. The fraction of sp³-hybridized carbons (Fsp3) is 0.500. The van der Waals surface area contributed by atoms with Gasteiger partial charge in [0.1, 0.15) is 15.3 Å². The summed E-state index contributed by atoms with van der Waals surface area (Å²) in [4.78, 5) is 11.1. The van der Waals surface area contributed by atoms with Gasteiger partial charge in [-0.15, -0.1) is 23.1 Å². The van der Waals surface area contributed by atoms with Crippen LogP contribution in [-0.4, -0.2) is 41.0 Å². The fourth-order valence-electron chi connectivity index (χ4n) is 1.96. The van der Waals surface area contributed by atoms with Gasteiger partial charge in [0.25, 0.3) is 0 Å². The molecular formula is C10H11Cl2NO4S3. The Bertz CT molecular complexity index is 630. The van der Waals surface area contributed by atoms with E-state index in [4.69, 9.17) is 23.2 Å². The molecule has 10 heteroatoms. The second kappa shape index (κ2) is 6.02. The standard InChI is InChI=1S/C10H11Cl2NO4S3/c1-2-8-13(5(4-18-8)10(14)15)20(16,17)6-3-7(11)19-9(6)12/h3,5,8H,2,4H2,1H3,(H,14,15). The van der Waals surface area contributed by atoms with Crippen LogP contribution in [0.1, 0.15) is 13.3 Å². The van der Waals surface area contributed by atoms with Crippen molar-refractivity contribution in [3.63, 3.8) is 0 Å². The zero-order valence-electron chi connectivity index (χ0n) is 10.2. The number of hydrogen-bond acceptors (Lipinski definition) is 5. The van der Waals surface area contributed by atoms with Gasteiger partial charge in [0.2, 0.25) is 10.0 Å². The van der Waals surface area contributed by atoms with E-state index in [0.717, 1.165) is 15.6 Å². The minimum atomic E-state index is -3.98. The molecule has 1 aromatic rings. The summed E-state index contributed by atoms with van der Waals surface area (Å²) in [5.74, 6) is -0.933. The summed E-state index contributed by atoms with van der Waals surface area (Å²) in [6.45, 7) is 1.81. The Balaban J connectivity index is 2.50. The van der Waals surface area contributed by atoms with Crippen LogP contribution in [0.4, 0.5) is 0 Å². The van der Waals surface area contributed by atoms with E-state index in [9.17, 15) is 18.3 Å². The van der Waals surface area contributed by atoms with Crippen molar-refractivity contribution in [3.8, 4) is 0 Å². The third-order valence-corrected chi connectivity index (χ3v) is 8.11. The number of thioether (sulfide) groups is 1. The van der Waals surface area contributed by atoms with Crippen molar-refractivity contribution in [2.45, 2.75) is 29.7 Å². The van der Waals surface area contributed by atoms with Gasteiger partial charge in [0, 0.05) is 5.75 Å². The van der Waals surface area contributed by atoms with Gasteiger partial charge in [0.05, 0.1) is 9.71 Å². The quantitative estimate of drug-likeness (QED) is 0.875. The maximum atomic E-state index is 12.7. The maximum absolute atomic E-state index is 12.7. The van der Waals surface area contributed by atoms with Gasteiger partial charge in [-0.25, -0.2) is 8.42 Å². The summed E-state index contributed by atoms with van der Waals surface area (Å²) in [7, 11) is -3.98. The van der Waals surface area contributed by atoms with Gasteiger partial charge < -0.3 is 5.11 Å². The molecule has 0 radical (unpaired) electrons. The maximum Gasteiger partial charge on any atom is 0.322 e. The summed E-state index contributed by atoms with van der Waals surface area (Å²) >= 11 is 13.9. The second-order valence-electron chi connectivity index (χ2n) is 4.07. The van der Waals surface area contributed by atoms with Crippen molar-refractivity contribution in [3.05, 3.63) is 14.7 Å². The summed E-state index contributed by atoms with van der Waals surface area (Å²) in [5, 5.41) is 8.80. The van der Waals surface area contributed by atoms with Crippen molar-refractivity contribution < 1.29 is 18.3 Å². The number of halogens is 2. The lowest BCUT2D eigenvalue weighted by molar-refractivity contribution is -0.140. The van der Waals surface area contributed by atoms with Crippen molar-refractivity contribution in [1.29, 1.82) is 0 Å². The lowest BCUT2D eigenvalue weighted by atomic mass is 10.3. The summed E-state index contributed by atoms with van der Waals surface area (Å²) in [6, 6.07) is 0.183. The average molecular weight is 376 g/mol. The fourth-order valence-corrected chi connectivity index (χ4v) is 7.62. The molecule has 0 bridgehead atoms. The van der Waals surface area contributed by atoms with Crippen molar-refractivity contribution >= 4 is 62.3 Å². The van der Waals surface area contributed by atoms with E-state index in [-0.39, 0.29) is 19.3 Å². The average Bonchev–Trinajstić information content (AvgIpc) is 2.92. The molecule has 0 aromatic carbocycles. The monoisotopic (exact) mass is 375 g/mol. The van der Waals surface area contributed by atoms with Crippen LogP contribution in [0, 0.1) is 0 Å². The van der Waals surface area contributed by atoms with Crippen molar-refractivity contribution in [2.24, 2.45) is 0 Å². The summed E-state index contributed by atoms with van der Waals surface area (Å²) in [5.41, 5.74) is 0. The van der Waals surface area contributed by atoms with Gasteiger partial charge >= 0.3 is 5.97 Å². The van der Waals surface area contributed by atoms with E-state index >= 15 is 0 Å². The Hall–Kier alpha value is 0.01000. The number of hydrogen-bond donors (Lipinski definition) is 1. The van der Waals surface area contributed by atoms with Crippen LogP contribution in [0.5, 0.6) is 0 Å². The molecule has 1 aliphatic rings. The van der Waals surface area contributed by atoms with Crippen LogP contribution in [0.25, 0.3) is 0 Å². The van der Waals surface area contributed by atoms with Crippen LogP contribution >= 0.6 is 46.3 Å². The number of carbonyl (C=O) groups is 1. The number of nitrogens with zero attached hydrogens (tertiary/aromatic N) is 1. The topological polar surface area (TPSA) is 74.7 Å². The van der Waals surface area contributed by atoms with Gasteiger partial charge in [-0.05, 0) is 12.5 Å². The lowest BCUT2D eigenvalue weighted by Crippen LogP contribution is -2.45. The molecule has 5 nitrogen and oxygen atoms in total. The Morgan fingerprint density at radius 3 is 2.65 bits per heavy atom. The first kappa shape index (κ1) is 16.4. The normalized spacial score (nSPS) is 24.1. The highest BCUT2D eigenvalue weighted by Gasteiger charge is 2.46. The lowest BCUT2D eigenvalue weighted by Gasteiger charge is -2.25. The third-order valence-electron chi connectivity index (χ3n) is 2.85. The van der Waals surface area contributed by atoms with Crippen molar-refractivity contribution in [1.82, 2.24) is 4.31 Å². The largest absolute Gasteiger partial charge is 0.480 e. The molecule has 2 atom stereocenters. The highest BCUT2D eigenvalue weighted by molar-refractivity contribution is 8.01. The Morgan fingerprint density at radius 2 is 2.20 bits per heavy atom. The van der Waals surface area contributed by atoms with E-state index in [1.54, 1.807) is 0 Å². The molecule has 1 aromatic heterocycles. The van der Waals surface area contributed by atoms with Gasteiger partial charge in [-0.1, -0.05) is 30.1 Å². The molecule has 112 valence electrons. The van der Waals surface area contributed by atoms with Gasteiger partial charge in [-0.3, -0.25) is 4.79 Å². The van der Waals surface area contributed by atoms with Gasteiger partial charge in [0.15, 0.2) is 0 Å². The van der Waals surface area contributed by atoms with Crippen LogP contribution in [-0.2, 0) is 14.8 Å². The molecule has 2 rings (SSSR count). The molecule has 0 saturated carbocycles. The van der Waals surface area contributed by atoms with Crippen LogP contribution in [0.3, 0.4) is 0 Å². The Morgan fingerprint density at radius 1 is 1.55 bits per heavy atom. The van der Waals surface area contributed by atoms with E-state index in [1.807, 2.05) is 6.92 Å². The van der Waals surface area contributed by atoms with E-state index in [2.05, 4.69) is 0 Å². The van der Waals surface area contributed by atoms with E-state index in [0.29, 0.717) is 6.42 Å². The minimum absolute atomic E-state index is 0.0471. The molecule has 0 amide bonds. The SMILES string of the molecule is CCC1SCC(C(=O)O)N1S(=O)(=O)c1cc(Cl)sc1Cl. The zero-order chi connectivity index (χ0) is 15.1. The molecular weight excluding hydrogens is 365 g/mol. The molecule has 0 spiro atoms. The number of sulfonamides is 1. The first-order chi connectivity index (χ1) is 9.28. The molecule has 1 fully saturated rings. The Labute approximate surface area is 134 Å². The number of carboxylic acids is 1. The second-order valence-corrected chi connectivity index (χ2v) is 9.38. The third kappa shape index (κ3) is 2.82. The smallest absolute Gasteiger partial charge is 0.322 e. The first-order valence-corrected chi connectivity index (χ1v) is 9.68. The summed E-state index contributed by atoms with van der Waals surface area (Å²) < 4.78 is 26.7. The van der Waals surface area contributed by atoms with E-state index in [1.165, 1.54) is 17.8 Å². The van der Waals surface area contributed by atoms with Crippen LogP contribution in [0.2, 0.25) is 8.67 Å². The number of carboxylic acid groups (broad SMARTS) is 1. The first-order valence-electron chi connectivity index (χ1n) is 5.61. The molecule has 2 heterocycles. The minimum Gasteiger partial charge on any atom is -0.480 e. The highest BCUT2D eigenvalue weighted by Crippen LogP contribution is 2.41. The number of thiophene rings is 1. The zero-order valence-corrected chi connectivity index (χ0v) is 14.2. The van der Waals surface area contributed by atoms with Crippen LogP contribution < -0.4 is 0 Å². The highest BCUT2D eigenvalue weighted by atomic mass is 35.5. The molecule has 1 aliphatic heterocycles. The molecule has 0 aliphatic carbocycles. The van der Waals surface area contributed by atoms with Crippen molar-refractivity contribution in [2.75, 3.05) is 5.75 Å². The predicted octanol–water partition coefficient (Wildman–Crippen LogP) is 2.98. The van der Waals surface area contributed by atoms with Crippen LogP contribution in [0.15, 0.2) is 11.0 Å². The predicted molar refractivity (Wildman–Crippen MR) is 81.3 cm³/mol. The molecule has 1 saturated heterocycles. The van der Waals surface area contributed by atoms with E-state index < -0.39 is 27.4 Å². The van der Waals surface area contributed by atoms with Gasteiger partial charge in [-0.2, -0.15) is 4.31 Å². The molecule has 2 unspecified atom stereocenters. The Kier molecular flexibility index (Phi) is 4.93. The molecule has 20 heavy (non-hydrogen) atoms. The summed E-state index contributed by atoms with van der Waals surface area (Å²) in [6.07, 6.45) is 0.517. The molecule has 1 N–H and O–H groups in total.